The van der Waals surface area contributed by atoms with Crippen LogP contribution in [0.2, 0.25) is 0 Å². The van der Waals surface area contributed by atoms with Crippen molar-refractivity contribution in [3.05, 3.63) is 0 Å². The first-order valence-electron chi connectivity index (χ1n) is 26.8. The van der Waals surface area contributed by atoms with Gasteiger partial charge in [0, 0.05) is 6.42 Å². The molecule has 1 rings (SSSR count). The molecule has 418 valence electrons. The van der Waals surface area contributed by atoms with E-state index in [2.05, 4.69) is 51.1 Å². The summed E-state index contributed by atoms with van der Waals surface area (Å²) in [4.78, 5) is 137. The van der Waals surface area contributed by atoms with Crippen LogP contribution in [0.15, 0.2) is 0 Å². The fourth-order valence-corrected chi connectivity index (χ4v) is 8.57. The van der Waals surface area contributed by atoms with Gasteiger partial charge >= 0.3 is 17.9 Å². The number of esters is 1. The lowest BCUT2D eigenvalue weighted by Gasteiger charge is -2.29. The van der Waals surface area contributed by atoms with Crippen molar-refractivity contribution < 1.29 is 62.9 Å². The van der Waals surface area contributed by atoms with E-state index in [-0.39, 0.29) is 62.2 Å². The number of carboxylic acids is 2. The number of unbranched alkanes of at least 4 members (excludes halogenated alkanes) is 6. The van der Waals surface area contributed by atoms with Crippen LogP contribution in [0, 0.1) is 35.5 Å². The Hall–Kier alpha value is -5.30. The van der Waals surface area contributed by atoms with E-state index >= 15 is 0 Å². The smallest absolute Gasteiger partial charge is 0.328 e. The highest BCUT2D eigenvalue weighted by atomic mass is 16.5. The highest BCUT2D eigenvalue weighted by Crippen LogP contribution is 2.19. The highest BCUT2D eigenvalue weighted by molar-refractivity contribution is 5.98. The molecular weight excluding hydrogens is 943 g/mol. The first-order chi connectivity index (χ1) is 34.1. The molecule has 0 aliphatic carbocycles. The molecular formula is C53H93N7O13. The summed E-state index contributed by atoms with van der Waals surface area (Å²) in [6.45, 7) is 22.0. The Morgan fingerprint density at radius 2 is 0.849 bits per heavy atom. The predicted molar refractivity (Wildman–Crippen MR) is 276 cm³/mol. The molecule has 20 nitrogen and oxygen atoms in total. The molecule has 7 amide bonds. The molecule has 1 heterocycles. The van der Waals surface area contributed by atoms with Gasteiger partial charge in [0.15, 0.2) is 0 Å². The number of hydrogen-bond acceptors (Lipinski definition) is 11. The van der Waals surface area contributed by atoms with Gasteiger partial charge in [-0.15, -0.1) is 0 Å². The minimum atomic E-state index is -1.72. The van der Waals surface area contributed by atoms with E-state index in [1.165, 1.54) is 0 Å². The number of rotatable bonds is 24. The van der Waals surface area contributed by atoms with Crippen LogP contribution in [0.3, 0.4) is 0 Å². The van der Waals surface area contributed by atoms with Crippen molar-refractivity contribution in [2.75, 3.05) is 0 Å². The third kappa shape index (κ3) is 28.1. The van der Waals surface area contributed by atoms with Crippen molar-refractivity contribution in [1.82, 2.24) is 37.2 Å². The third-order valence-electron chi connectivity index (χ3n) is 12.4. The van der Waals surface area contributed by atoms with Gasteiger partial charge in [0.25, 0.3) is 0 Å². The number of aliphatic carboxylic acids is 2. The van der Waals surface area contributed by atoms with E-state index in [0.29, 0.717) is 12.3 Å². The van der Waals surface area contributed by atoms with Crippen LogP contribution in [0.1, 0.15) is 192 Å². The van der Waals surface area contributed by atoms with Crippen LogP contribution in [0.4, 0.5) is 0 Å². The standard InChI is InChI=1S/C53H93N7O13/c1-30(2)20-18-16-14-13-15-17-19-21-36-28-43(61)54-37(22-23-44(62)63)47(66)55-38(24-31(3)4)48(67)57-40(26-33(7)8)51(70)60-46(35(11)12)52(71)58-41(29-45(64)65)50(69)56-39(25-32(5)6)49(68)59-42(27-34(9)10)53(72)73-36/h30-42,46H,13-29H2,1-12H3,(H,54,61)(H,55,66)(H,56,69)(H,57,67)(H,58,71)(H,59,68)(H,60,70)(H,62,63)(H,64,65)/t36-,37-,38-,39+,40+,41-,42+,46-/m0/s1. The fraction of sp³-hybridized carbons (Fsp3) is 0.811. The van der Waals surface area contributed by atoms with Crippen molar-refractivity contribution in [3.8, 4) is 0 Å². The first-order valence-corrected chi connectivity index (χ1v) is 26.8. The molecule has 1 saturated heterocycles. The first kappa shape index (κ1) is 65.7. The van der Waals surface area contributed by atoms with Crippen molar-refractivity contribution in [1.29, 1.82) is 0 Å². The van der Waals surface area contributed by atoms with Crippen LogP contribution in [0.5, 0.6) is 0 Å². The lowest BCUT2D eigenvalue weighted by Crippen LogP contribution is -2.61. The molecule has 0 unspecified atom stereocenters. The van der Waals surface area contributed by atoms with Crippen molar-refractivity contribution in [2.24, 2.45) is 35.5 Å². The van der Waals surface area contributed by atoms with Gasteiger partial charge in [-0.2, -0.15) is 0 Å². The minimum Gasteiger partial charge on any atom is -0.481 e. The van der Waals surface area contributed by atoms with Crippen LogP contribution in [-0.2, 0) is 52.7 Å². The van der Waals surface area contributed by atoms with Gasteiger partial charge in [-0.3, -0.25) is 43.2 Å². The number of amides is 7. The average molecular weight is 1040 g/mol. The SMILES string of the molecule is CC(C)CCCCCCCCC[C@H]1CC(=O)N[C@@H](CCC(=O)O)C(=O)N[C@@H](CC(C)C)C(=O)N[C@H](CC(C)C)C(=O)N[C@@H](C(C)C)C(=O)N[C@@H](CC(=O)O)C(=O)N[C@H](CC(C)C)C(=O)N[C@H](CC(C)C)C(=O)O1. The van der Waals surface area contributed by atoms with E-state index in [9.17, 15) is 58.2 Å². The van der Waals surface area contributed by atoms with E-state index < -0.39 is 133 Å². The molecule has 0 aromatic rings. The number of carbonyl (C=O) groups excluding carboxylic acids is 8. The Bertz CT molecular complexity index is 1800. The summed E-state index contributed by atoms with van der Waals surface area (Å²) in [6, 6.07) is -9.64. The van der Waals surface area contributed by atoms with Gasteiger partial charge in [-0.25, -0.2) is 4.79 Å². The van der Waals surface area contributed by atoms with Gasteiger partial charge in [-0.05, 0) is 80.5 Å². The number of nitrogens with one attached hydrogen (secondary N) is 7. The monoisotopic (exact) mass is 1040 g/mol. The molecule has 1 fully saturated rings. The lowest BCUT2D eigenvalue weighted by atomic mass is 9.98. The summed E-state index contributed by atoms with van der Waals surface area (Å²) >= 11 is 0. The van der Waals surface area contributed by atoms with Gasteiger partial charge in [0.2, 0.25) is 41.4 Å². The van der Waals surface area contributed by atoms with E-state index in [1.807, 2.05) is 13.8 Å². The largest absolute Gasteiger partial charge is 0.481 e. The highest BCUT2D eigenvalue weighted by Gasteiger charge is 2.37. The molecule has 0 spiro atoms. The van der Waals surface area contributed by atoms with Crippen LogP contribution in [-0.4, -0.2) is 118 Å². The van der Waals surface area contributed by atoms with Crippen LogP contribution >= 0.6 is 0 Å². The summed E-state index contributed by atoms with van der Waals surface area (Å²) in [5.41, 5.74) is 0. The summed E-state index contributed by atoms with van der Waals surface area (Å²) in [7, 11) is 0. The Balaban J connectivity index is 3.95. The molecule has 9 N–H and O–H groups in total. The Kier molecular flexibility index (Phi) is 30.8. The molecule has 0 aromatic carbocycles. The van der Waals surface area contributed by atoms with Gasteiger partial charge < -0.3 is 52.2 Å². The van der Waals surface area contributed by atoms with Crippen molar-refractivity contribution in [3.63, 3.8) is 0 Å². The summed E-state index contributed by atoms with van der Waals surface area (Å²) in [5, 5.41) is 37.9. The maximum absolute atomic E-state index is 14.2. The zero-order valence-electron chi connectivity index (χ0n) is 46.0. The number of carboxylic acid groups (broad SMARTS) is 2. The molecule has 0 bridgehead atoms. The zero-order valence-corrected chi connectivity index (χ0v) is 46.0. The van der Waals surface area contributed by atoms with Crippen LogP contribution < -0.4 is 37.2 Å². The molecule has 1 aliphatic heterocycles. The average Bonchev–Trinajstić information content (AvgIpc) is 3.26. The molecule has 1 aliphatic rings. The second kappa shape index (κ2) is 34.2. The topological polar surface area (TPSA) is 305 Å². The van der Waals surface area contributed by atoms with E-state index in [1.54, 1.807) is 55.4 Å². The Morgan fingerprint density at radius 1 is 0.452 bits per heavy atom. The van der Waals surface area contributed by atoms with Gasteiger partial charge in [-0.1, -0.05) is 128 Å². The fourth-order valence-electron chi connectivity index (χ4n) is 8.57. The summed E-state index contributed by atoms with van der Waals surface area (Å²) in [5.74, 6) is -10.1. The molecule has 0 saturated carbocycles. The van der Waals surface area contributed by atoms with E-state index in [4.69, 9.17) is 4.74 Å². The second-order valence-electron chi connectivity index (χ2n) is 22.4. The normalized spacial score (nSPS) is 24.0. The predicted octanol–water partition coefficient (Wildman–Crippen LogP) is 5.04. The number of hydrogen-bond donors (Lipinski definition) is 9. The lowest BCUT2D eigenvalue weighted by molar-refractivity contribution is -0.155. The second-order valence-corrected chi connectivity index (χ2v) is 22.4. The third-order valence-corrected chi connectivity index (χ3v) is 12.4. The zero-order chi connectivity index (χ0) is 55.5. The van der Waals surface area contributed by atoms with Gasteiger partial charge in [0.1, 0.15) is 48.4 Å². The maximum Gasteiger partial charge on any atom is 0.328 e. The van der Waals surface area contributed by atoms with Crippen LogP contribution in [0.25, 0.3) is 0 Å². The minimum absolute atomic E-state index is 0.0393. The number of carbonyl (C=O) groups is 10. The maximum atomic E-state index is 14.2. The van der Waals surface area contributed by atoms with E-state index in [0.717, 1.165) is 44.9 Å². The molecule has 0 aromatic heterocycles. The summed E-state index contributed by atoms with van der Waals surface area (Å²) in [6.07, 6.45) is 5.02. The molecule has 8 atom stereocenters. The number of ether oxygens (including phenoxy) is 1. The molecule has 20 heteroatoms. The van der Waals surface area contributed by atoms with Gasteiger partial charge in [0.05, 0.1) is 12.8 Å². The Morgan fingerprint density at radius 3 is 1.29 bits per heavy atom. The van der Waals surface area contributed by atoms with Crippen molar-refractivity contribution in [2.45, 2.75) is 241 Å². The Labute approximate surface area is 434 Å². The molecule has 73 heavy (non-hydrogen) atoms. The number of cyclic esters (lactones) is 1. The summed E-state index contributed by atoms with van der Waals surface area (Å²) < 4.78 is 6.04. The van der Waals surface area contributed by atoms with Crippen molar-refractivity contribution >= 4 is 59.3 Å². The molecule has 0 radical (unpaired) electrons. The quantitative estimate of drug-likeness (QED) is 0.0453.